The van der Waals surface area contributed by atoms with Crippen LogP contribution in [0.5, 0.6) is 0 Å². The first-order valence-electron chi connectivity index (χ1n) is 8.65. The maximum Gasteiger partial charge on any atom is 0.263 e. The van der Waals surface area contributed by atoms with Gasteiger partial charge in [0.25, 0.3) is 5.91 Å². The van der Waals surface area contributed by atoms with E-state index in [9.17, 15) is 4.79 Å². The van der Waals surface area contributed by atoms with Gasteiger partial charge in [-0.25, -0.2) is 4.98 Å². The van der Waals surface area contributed by atoms with Crippen LogP contribution in [0.4, 0.5) is 0 Å². The van der Waals surface area contributed by atoms with Crippen molar-refractivity contribution in [3.05, 3.63) is 87.9 Å². The van der Waals surface area contributed by atoms with E-state index >= 15 is 0 Å². The van der Waals surface area contributed by atoms with Crippen LogP contribution in [0.15, 0.2) is 66.9 Å². The predicted molar refractivity (Wildman–Crippen MR) is 101 cm³/mol. The number of nitrogens with one attached hydrogen (secondary N) is 1. The molecule has 0 spiro atoms. The van der Waals surface area contributed by atoms with Crippen molar-refractivity contribution in [2.45, 2.75) is 24.7 Å². The largest absolute Gasteiger partial charge is 0.350 e. The van der Waals surface area contributed by atoms with Gasteiger partial charge in [-0.15, -0.1) is 11.3 Å². The van der Waals surface area contributed by atoms with E-state index in [1.54, 1.807) is 6.20 Å². The number of nitrogens with zero attached hydrogens (tertiary/aromatic N) is 1. The fraction of sp³-hybridized carbons (Fsp3) is 0.238. The lowest BCUT2D eigenvalue weighted by Gasteiger charge is -2.18. The molecule has 3 aromatic rings. The monoisotopic (exact) mass is 348 g/mol. The summed E-state index contributed by atoms with van der Waals surface area (Å²) < 4.78 is 0. The normalized spacial score (nSPS) is 13.8. The van der Waals surface area contributed by atoms with Crippen molar-refractivity contribution in [1.82, 2.24) is 10.3 Å². The lowest BCUT2D eigenvalue weighted by atomic mass is 9.91. The molecule has 126 valence electrons. The van der Waals surface area contributed by atoms with Gasteiger partial charge in [-0.2, -0.15) is 0 Å². The van der Waals surface area contributed by atoms with Gasteiger partial charge < -0.3 is 5.32 Å². The maximum atomic E-state index is 12.5. The number of thiazole rings is 1. The molecule has 0 aliphatic heterocycles. The minimum Gasteiger partial charge on any atom is -0.350 e. The molecule has 1 aliphatic carbocycles. The number of aromatic nitrogens is 1. The third-order valence-electron chi connectivity index (χ3n) is 4.54. The van der Waals surface area contributed by atoms with E-state index in [0.717, 1.165) is 5.01 Å². The van der Waals surface area contributed by atoms with Gasteiger partial charge in [-0.3, -0.25) is 4.79 Å². The van der Waals surface area contributed by atoms with Crippen LogP contribution in [0.1, 0.15) is 50.5 Å². The average Bonchev–Trinajstić information content (AvgIpc) is 3.40. The van der Waals surface area contributed by atoms with Gasteiger partial charge in [0, 0.05) is 18.4 Å². The van der Waals surface area contributed by atoms with Crippen molar-refractivity contribution in [3.8, 4) is 0 Å². The van der Waals surface area contributed by atoms with Gasteiger partial charge in [-0.05, 0) is 24.0 Å². The number of benzene rings is 2. The second kappa shape index (κ2) is 7.19. The third kappa shape index (κ3) is 3.80. The highest BCUT2D eigenvalue weighted by molar-refractivity contribution is 7.13. The van der Waals surface area contributed by atoms with Gasteiger partial charge in [0.2, 0.25) is 0 Å². The van der Waals surface area contributed by atoms with Gasteiger partial charge >= 0.3 is 0 Å². The molecule has 2 aromatic carbocycles. The van der Waals surface area contributed by atoms with Crippen molar-refractivity contribution >= 4 is 17.2 Å². The molecule has 25 heavy (non-hydrogen) atoms. The van der Waals surface area contributed by atoms with E-state index in [2.05, 4.69) is 34.6 Å². The summed E-state index contributed by atoms with van der Waals surface area (Å²) in [6.07, 6.45) is 4.13. The Bertz CT molecular complexity index is 801. The Hall–Kier alpha value is -2.46. The van der Waals surface area contributed by atoms with E-state index in [0.29, 0.717) is 17.3 Å². The van der Waals surface area contributed by atoms with Gasteiger partial charge in [0.1, 0.15) is 4.88 Å². The standard InChI is InChI=1S/C21H20N2OS/c24-20(19-14-23-21(25-19)17-11-12-17)22-13-18(15-7-3-1-4-8-15)16-9-5-2-6-10-16/h1-10,14,17-18H,11-13H2,(H,22,24). The quantitative estimate of drug-likeness (QED) is 0.708. The number of hydrogen-bond donors (Lipinski definition) is 1. The van der Waals surface area contributed by atoms with Crippen LogP contribution >= 0.6 is 11.3 Å². The lowest BCUT2D eigenvalue weighted by Crippen LogP contribution is -2.28. The zero-order valence-electron chi connectivity index (χ0n) is 13.9. The summed E-state index contributed by atoms with van der Waals surface area (Å²) in [5.74, 6) is 0.705. The molecule has 0 saturated heterocycles. The molecule has 0 unspecified atom stereocenters. The Morgan fingerprint density at radius 3 is 2.20 bits per heavy atom. The molecule has 1 N–H and O–H groups in total. The SMILES string of the molecule is O=C(NCC(c1ccccc1)c1ccccc1)c1cnc(C2CC2)s1. The summed E-state index contributed by atoms with van der Waals surface area (Å²) in [5, 5.41) is 4.20. The molecule has 4 rings (SSSR count). The van der Waals surface area contributed by atoms with Gasteiger partial charge in [0.15, 0.2) is 0 Å². The molecule has 1 saturated carbocycles. The molecule has 1 amide bonds. The molecular formula is C21H20N2OS. The topological polar surface area (TPSA) is 42.0 Å². The van der Waals surface area contributed by atoms with Crippen molar-refractivity contribution in [2.75, 3.05) is 6.54 Å². The van der Waals surface area contributed by atoms with Crippen LogP contribution in [-0.4, -0.2) is 17.4 Å². The Labute approximate surface area is 151 Å². The average molecular weight is 348 g/mol. The lowest BCUT2D eigenvalue weighted by molar-refractivity contribution is 0.0956. The molecular weight excluding hydrogens is 328 g/mol. The highest BCUT2D eigenvalue weighted by Gasteiger charge is 2.27. The number of rotatable bonds is 6. The molecule has 1 heterocycles. The minimum atomic E-state index is -0.0266. The summed E-state index contributed by atoms with van der Waals surface area (Å²) in [7, 11) is 0. The first-order chi connectivity index (χ1) is 12.3. The van der Waals surface area contributed by atoms with Crippen molar-refractivity contribution in [1.29, 1.82) is 0 Å². The van der Waals surface area contributed by atoms with Crippen molar-refractivity contribution in [2.24, 2.45) is 0 Å². The summed E-state index contributed by atoms with van der Waals surface area (Å²) in [6.45, 7) is 0.573. The van der Waals surface area contributed by atoms with Crippen LogP contribution in [-0.2, 0) is 0 Å². The number of hydrogen-bond acceptors (Lipinski definition) is 3. The van der Waals surface area contributed by atoms with Crippen LogP contribution in [0.3, 0.4) is 0 Å². The number of carbonyl (C=O) groups excluding carboxylic acids is 1. The van der Waals surface area contributed by atoms with Crippen LogP contribution in [0.25, 0.3) is 0 Å². The van der Waals surface area contributed by atoms with Crippen LogP contribution in [0.2, 0.25) is 0 Å². The third-order valence-corrected chi connectivity index (χ3v) is 5.70. The Balaban J connectivity index is 1.49. The Morgan fingerprint density at radius 2 is 1.64 bits per heavy atom. The fourth-order valence-electron chi connectivity index (χ4n) is 2.99. The first-order valence-corrected chi connectivity index (χ1v) is 9.47. The molecule has 4 heteroatoms. The second-order valence-corrected chi connectivity index (χ2v) is 7.48. The zero-order chi connectivity index (χ0) is 17.1. The first kappa shape index (κ1) is 16.0. The van der Waals surface area contributed by atoms with E-state index < -0.39 is 0 Å². The van der Waals surface area contributed by atoms with Gasteiger partial charge in [-0.1, -0.05) is 60.7 Å². The zero-order valence-corrected chi connectivity index (χ0v) is 14.7. The van der Waals surface area contributed by atoms with E-state index in [1.165, 1.54) is 35.3 Å². The van der Waals surface area contributed by atoms with Crippen molar-refractivity contribution < 1.29 is 4.79 Å². The van der Waals surface area contributed by atoms with Crippen molar-refractivity contribution in [3.63, 3.8) is 0 Å². The smallest absolute Gasteiger partial charge is 0.263 e. The van der Waals surface area contributed by atoms with E-state index in [-0.39, 0.29) is 11.8 Å². The van der Waals surface area contributed by atoms with E-state index in [4.69, 9.17) is 0 Å². The summed E-state index contributed by atoms with van der Waals surface area (Å²) in [6, 6.07) is 20.6. The van der Waals surface area contributed by atoms with Crippen LogP contribution in [0, 0.1) is 0 Å². The Kier molecular flexibility index (Phi) is 4.61. The maximum absolute atomic E-state index is 12.5. The molecule has 0 bridgehead atoms. The molecule has 1 aliphatic rings. The minimum absolute atomic E-state index is 0.0266. The molecule has 1 fully saturated rings. The highest BCUT2D eigenvalue weighted by atomic mass is 32.1. The summed E-state index contributed by atoms with van der Waals surface area (Å²) in [4.78, 5) is 17.6. The number of amides is 1. The molecule has 3 nitrogen and oxygen atoms in total. The highest BCUT2D eigenvalue weighted by Crippen LogP contribution is 2.41. The summed E-state index contributed by atoms with van der Waals surface area (Å²) >= 11 is 1.53. The molecule has 0 atom stereocenters. The van der Waals surface area contributed by atoms with E-state index in [1.807, 2.05) is 36.4 Å². The second-order valence-electron chi connectivity index (χ2n) is 6.42. The van der Waals surface area contributed by atoms with Crippen LogP contribution < -0.4 is 5.32 Å². The predicted octanol–water partition coefficient (Wildman–Crippen LogP) is 4.58. The molecule has 0 radical (unpaired) electrons. The number of carbonyl (C=O) groups is 1. The molecule has 1 aromatic heterocycles. The van der Waals surface area contributed by atoms with Gasteiger partial charge in [0.05, 0.1) is 11.2 Å². The fourth-order valence-corrected chi connectivity index (χ4v) is 4.00. The Morgan fingerprint density at radius 1 is 1.04 bits per heavy atom. The summed E-state index contributed by atoms with van der Waals surface area (Å²) in [5.41, 5.74) is 2.41.